The van der Waals surface area contributed by atoms with E-state index < -0.39 is 0 Å². The van der Waals surface area contributed by atoms with Gasteiger partial charge in [0.15, 0.2) is 0 Å². The van der Waals surface area contributed by atoms with Gasteiger partial charge in [-0.3, -0.25) is 9.20 Å². The van der Waals surface area contributed by atoms with Crippen LogP contribution in [0, 0.1) is 6.92 Å². The molecule has 2 aromatic carbocycles. The van der Waals surface area contributed by atoms with Gasteiger partial charge in [-0.05, 0) is 62.3 Å². The molecule has 1 fully saturated rings. The predicted octanol–water partition coefficient (Wildman–Crippen LogP) is 6.79. The van der Waals surface area contributed by atoms with E-state index in [0.717, 1.165) is 61.2 Å². The van der Waals surface area contributed by atoms with Crippen molar-refractivity contribution in [1.82, 2.24) is 14.3 Å². The van der Waals surface area contributed by atoms with E-state index in [-0.39, 0.29) is 11.9 Å². The number of imidazole rings is 1. The van der Waals surface area contributed by atoms with Gasteiger partial charge in [0.05, 0.1) is 12.8 Å². The Bertz CT molecular complexity index is 1390. The molecule has 0 radical (unpaired) electrons. The van der Waals surface area contributed by atoms with Crippen molar-refractivity contribution in [2.24, 2.45) is 0 Å². The minimum absolute atomic E-state index is 0.0437. The number of ether oxygens (including phenoxy) is 1. The summed E-state index contributed by atoms with van der Waals surface area (Å²) in [6.07, 6.45) is 11.2. The van der Waals surface area contributed by atoms with Crippen LogP contribution in [0.25, 0.3) is 28.0 Å². The Morgan fingerprint density at radius 2 is 1.64 bits per heavy atom. The molecular formula is C31H35N3O2. The van der Waals surface area contributed by atoms with Gasteiger partial charge in [-0.1, -0.05) is 61.2 Å². The van der Waals surface area contributed by atoms with Crippen molar-refractivity contribution in [2.75, 3.05) is 7.11 Å². The summed E-state index contributed by atoms with van der Waals surface area (Å²) >= 11 is 0. The van der Waals surface area contributed by atoms with Crippen molar-refractivity contribution < 1.29 is 9.53 Å². The highest BCUT2D eigenvalue weighted by Crippen LogP contribution is 2.40. The van der Waals surface area contributed by atoms with E-state index in [9.17, 15) is 4.79 Å². The molecule has 0 saturated heterocycles. The Morgan fingerprint density at radius 3 is 2.36 bits per heavy atom. The van der Waals surface area contributed by atoms with E-state index in [1.165, 1.54) is 47.3 Å². The molecule has 36 heavy (non-hydrogen) atoms. The molecule has 2 aliphatic rings. The van der Waals surface area contributed by atoms with Crippen molar-refractivity contribution in [2.45, 2.75) is 70.9 Å². The van der Waals surface area contributed by atoms with Crippen molar-refractivity contribution in [3.8, 4) is 28.1 Å². The van der Waals surface area contributed by atoms with Crippen LogP contribution in [0.15, 0.2) is 54.7 Å². The monoisotopic (exact) mass is 481 g/mol. The molecule has 1 aliphatic carbocycles. The van der Waals surface area contributed by atoms with Crippen molar-refractivity contribution >= 4 is 11.6 Å². The number of aromatic nitrogens is 2. The van der Waals surface area contributed by atoms with Crippen LogP contribution in [-0.4, -0.2) is 28.0 Å². The predicted molar refractivity (Wildman–Crippen MR) is 145 cm³/mol. The molecule has 5 nitrogen and oxygen atoms in total. The summed E-state index contributed by atoms with van der Waals surface area (Å²) in [7, 11) is 1.69. The molecule has 0 unspecified atom stereocenters. The van der Waals surface area contributed by atoms with Gasteiger partial charge in [0.2, 0.25) is 0 Å². The maximum Gasteiger partial charge on any atom is 0.269 e. The maximum absolute atomic E-state index is 14.0. The molecule has 1 N–H and O–H groups in total. The number of hydrogen-bond acceptors (Lipinski definition) is 2. The van der Waals surface area contributed by atoms with Gasteiger partial charge < -0.3 is 14.6 Å². The SMILES string of the molecule is COc1ccc(-c2c3c4n(c(-c5ccc(C)cc5)cn4c2C(=O)NC2CCCCC2)CCCC3)cc1. The van der Waals surface area contributed by atoms with Gasteiger partial charge in [-0.2, -0.15) is 0 Å². The highest BCUT2D eigenvalue weighted by Gasteiger charge is 2.30. The minimum Gasteiger partial charge on any atom is -0.497 e. The van der Waals surface area contributed by atoms with Gasteiger partial charge in [-0.25, -0.2) is 0 Å². The lowest BCUT2D eigenvalue weighted by Gasteiger charge is -2.23. The Hall–Kier alpha value is -3.47. The molecule has 4 aromatic rings. The average Bonchev–Trinajstić information content (AvgIpc) is 3.32. The molecule has 1 saturated carbocycles. The Kier molecular flexibility index (Phi) is 6.08. The largest absolute Gasteiger partial charge is 0.497 e. The second-order valence-corrected chi connectivity index (χ2v) is 10.4. The van der Waals surface area contributed by atoms with Gasteiger partial charge >= 0.3 is 0 Å². The van der Waals surface area contributed by atoms with E-state index in [1.54, 1.807) is 7.11 Å². The summed E-state index contributed by atoms with van der Waals surface area (Å²) in [5, 5.41) is 3.42. The first-order chi connectivity index (χ1) is 17.6. The molecule has 0 atom stereocenters. The normalized spacial score (nSPS) is 16.2. The van der Waals surface area contributed by atoms with Crippen LogP contribution in [-0.2, 0) is 13.0 Å². The zero-order chi connectivity index (χ0) is 24.6. The molecule has 0 spiro atoms. The summed E-state index contributed by atoms with van der Waals surface area (Å²) in [6.45, 7) is 3.08. The fourth-order valence-electron chi connectivity index (χ4n) is 6.13. The van der Waals surface area contributed by atoms with Crippen molar-refractivity contribution in [3.05, 3.63) is 71.5 Å². The number of carbonyl (C=O) groups excluding carboxylic acids is 1. The fourth-order valence-corrected chi connectivity index (χ4v) is 6.13. The lowest BCUT2D eigenvalue weighted by atomic mass is 9.94. The summed E-state index contributed by atoms with van der Waals surface area (Å²) in [6, 6.07) is 17.2. The van der Waals surface area contributed by atoms with E-state index >= 15 is 0 Å². The zero-order valence-electron chi connectivity index (χ0n) is 21.3. The molecule has 6 rings (SSSR count). The zero-order valence-corrected chi connectivity index (χ0v) is 21.3. The smallest absolute Gasteiger partial charge is 0.269 e. The quantitative estimate of drug-likeness (QED) is 0.341. The number of benzene rings is 2. The minimum atomic E-state index is 0.0437. The Morgan fingerprint density at radius 1 is 0.917 bits per heavy atom. The van der Waals surface area contributed by atoms with E-state index in [4.69, 9.17) is 4.74 Å². The first-order valence-corrected chi connectivity index (χ1v) is 13.4. The first-order valence-electron chi connectivity index (χ1n) is 13.4. The second-order valence-electron chi connectivity index (χ2n) is 10.4. The van der Waals surface area contributed by atoms with E-state index in [2.05, 4.69) is 63.8 Å². The van der Waals surface area contributed by atoms with Gasteiger partial charge in [0.25, 0.3) is 5.91 Å². The molecule has 5 heteroatoms. The number of rotatable bonds is 5. The summed E-state index contributed by atoms with van der Waals surface area (Å²) in [5.41, 5.74) is 9.00. The standard InChI is InChI=1S/C31H35N3O2/c1-21-11-13-22(14-12-21)27-20-34-29(30(35)32-24-8-4-3-5-9-24)28(23-15-17-25(36-2)18-16-23)26-10-6-7-19-33(27)31(26)34/h11-18,20,24H,3-10,19H2,1-2H3,(H,32,35). The number of aryl methyl sites for hydroxylation is 3. The molecule has 0 bridgehead atoms. The Balaban J connectivity index is 1.56. The Labute approximate surface area is 213 Å². The van der Waals surface area contributed by atoms with Crippen LogP contribution in [0.5, 0.6) is 5.75 Å². The maximum atomic E-state index is 14.0. The molecule has 1 amide bonds. The molecule has 1 aliphatic heterocycles. The number of nitrogens with one attached hydrogen (secondary N) is 1. The van der Waals surface area contributed by atoms with Crippen LogP contribution < -0.4 is 10.1 Å². The highest BCUT2D eigenvalue weighted by atomic mass is 16.5. The first kappa shape index (κ1) is 23.0. The van der Waals surface area contributed by atoms with Crippen LogP contribution in [0.2, 0.25) is 0 Å². The number of amides is 1. The summed E-state index contributed by atoms with van der Waals surface area (Å²) in [5.74, 6) is 0.870. The topological polar surface area (TPSA) is 47.7 Å². The molecule has 3 heterocycles. The fraction of sp³-hybridized carbons (Fsp3) is 0.387. The number of nitrogens with zero attached hydrogens (tertiary/aromatic N) is 2. The van der Waals surface area contributed by atoms with E-state index in [1.807, 2.05) is 12.1 Å². The average molecular weight is 482 g/mol. The molecular weight excluding hydrogens is 446 g/mol. The van der Waals surface area contributed by atoms with Crippen molar-refractivity contribution in [3.63, 3.8) is 0 Å². The van der Waals surface area contributed by atoms with Gasteiger partial charge in [0, 0.05) is 29.9 Å². The van der Waals surface area contributed by atoms with Crippen LogP contribution in [0.3, 0.4) is 0 Å². The number of methoxy groups -OCH3 is 1. The second kappa shape index (κ2) is 9.53. The van der Waals surface area contributed by atoms with Crippen LogP contribution >= 0.6 is 0 Å². The number of hydrogen-bond donors (Lipinski definition) is 1. The highest BCUT2D eigenvalue weighted by molar-refractivity contribution is 6.03. The summed E-state index contributed by atoms with van der Waals surface area (Å²) in [4.78, 5) is 14.0. The summed E-state index contributed by atoms with van der Waals surface area (Å²) < 4.78 is 10.0. The third-order valence-corrected chi connectivity index (χ3v) is 8.02. The van der Waals surface area contributed by atoms with Gasteiger partial charge in [-0.15, -0.1) is 0 Å². The van der Waals surface area contributed by atoms with Gasteiger partial charge in [0.1, 0.15) is 17.1 Å². The third-order valence-electron chi connectivity index (χ3n) is 8.02. The third kappa shape index (κ3) is 4.01. The van der Waals surface area contributed by atoms with Crippen LogP contribution in [0.1, 0.15) is 66.6 Å². The van der Waals surface area contributed by atoms with Crippen molar-refractivity contribution in [1.29, 1.82) is 0 Å². The van der Waals surface area contributed by atoms with Crippen LogP contribution in [0.4, 0.5) is 0 Å². The lowest BCUT2D eigenvalue weighted by molar-refractivity contribution is 0.0922. The molecule has 186 valence electrons. The van der Waals surface area contributed by atoms with E-state index in [0.29, 0.717) is 0 Å². The molecule has 2 aromatic heterocycles. The number of carbonyl (C=O) groups is 1. The lowest BCUT2D eigenvalue weighted by Crippen LogP contribution is -2.37.